The monoisotopic (exact) mass is 325 g/mol. The largest absolute Gasteiger partial charge is 0.264 e. The third-order valence-electron chi connectivity index (χ3n) is 3.26. The molecule has 0 aromatic heterocycles. The Balaban J connectivity index is 2.10. The Morgan fingerprint density at radius 2 is 1.71 bits per heavy atom. The Hall–Kier alpha value is -1.73. The van der Waals surface area contributed by atoms with Gasteiger partial charge in [-0.3, -0.25) is 8.51 Å². The van der Waals surface area contributed by atoms with Crippen LogP contribution in [0.25, 0.3) is 0 Å². The van der Waals surface area contributed by atoms with Gasteiger partial charge < -0.3 is 0 Å². The van der Waals surface area contributed by atoms with E-state index in [1.54, 1.807) is 24.3 Å². The summed E-state index contributed by atoms with van der Waals surface area (Å²) >= 11 is 0. The SMILES string of the molecule is O=S1CCN(S(=O)(=O)c2ccc(F)cc2)c2ccccc21. The van der Waals surface area contributed by atoms with Gasteiger partial charge >= 0.3 is 0 Å². The highest BCUT2D eigenvalue weighted by Crippen LogP contribution is 2.32. The molecule has 0 N–H and O–H groups in total. The summed E-state index contributed by atoms with van der Waals surface area (Å²) in [6, 6.07) is 11.4. The van der Waals surface area contributed by atoms with E-state index in [2.05, 4.69) is 0 Å². The standard InChI is InChI=1S/C14H12FNO3S2/c15-11-5-7-12(8-6-11)21(18,19)16-9-10-20(17)14-4-2-1-3-13(14)16/h1-8H,9-10H2. The number of hydrogen-bond donors (Lipinski definition) is 0. The van der Waals surface area contributed by atoms with Gasteiger partial charge in [-0.2, -0.15) is 0 Å². The van der Waals surface area contributed by atoms with E-state index in [0.29, 0.717) is 10.6 Å². The molecular weight excluding hydrogens is 313 g/mol. The zero-order valence-corrected chi connectivity index (χ0v) is 12.5. The van der Waals surface area contributed by atoms with Crippen molar-refractivity contribution >= 4 is 26.5 Å². The summed E-state index contributed by atoms with van der Waals surface area (Å²) in [6.45, 7) is 0.142. The van der Waals surface area contributed by atoms with Crippen LogP contribution < -0.4 is 4.31 Å². The lowest BCUT2D eigenvalue weighted by molar-refractivity contribution is 0.590. The van der Waals surface area contributed by atoms with Crippen LogP contribution in [-0.2, 0) is 20.8 Å². The molecule has 0 aliphatic carbocycles. The molecule has 3 rings (SSSR count). The third-order valence-corrected chi connectivity index (χ3v) is 6.48. The second kappa shape index (κ2) is 5.23. The lowest BCUT2D eigenvalue weighted by atomic mass is 10.3. The van der Waals surface area contributed by atoms with Crippen molar-refractivity contribution < 1.29 is 17.0 Å². The number of benzene rings is 2. The number of halogens is 1. The molecule has 1 atom stereocenters. The number of anilines is 1. The van der Waals surface area contributed by atoms with E-state index < -0.39 is 26.6 Å². The molecule has 0 saturated carbocycles. The molecule has 0 bridgehead atoms. The van der Waals surface area contributed by atoms with Crippen LogP contribution in [0.1, 0.15) is 0 Å². The third kappa shape index (κ3) is 2.47. The topological polar surface area (TPSA) is 54.5 Å². The van der Waals surface area contributed by atoms with Crippen molar-refractivity contribution in [3.05, 3.63) is 54.3 Å². The first-order chi connectivity index (χ1) is 10.00. The number of hydrogen-bond acceptors (Lipinski definition) is 3. The summed E-state index contributed by atoms with van der Waals surface area (Å²) in [5, 5.41) is 0. The van der Waals surface area contributed by atoms with E-state index in [1.165, 1.54) is 16.4 Å². The molecule has 21 heavy (non-hydrogen) atoms. The predicted molar refractivity (Wildman–Crippen MR) is 78.6 cm³/mol. The van der Waals surface area contributed by atoms with Crippen molar-refractivity contribution in [1.29, 1.82) is 0 Å². The van der Waals surface area contributed by atoms with Gasteiger partial charge in [0.1, 0.15) is 5.82 Å². The molecule has 0 saturated heterocycles. The fourth-order valence-corrected chi connectivity index (χ4v) is 5.10. The van der Waals surface area contributed by atoms with Crippen LogP contribution in [0.15, 0.2) is 58.3 Å². The van der Waals surface area contributed by atoms with Crippen molar-refractivity contribution in [3.8, 4) is 0 Å². The maximum absolute atomic E-state index is 13.0. The fourth-order valence-electron chi connectivity index (χ4n) is 2.24. The van der Waals surface area contributed by atoms with Gasteiger partial charge in [0, 0.05) is 12.3 Å². The number of rotatable bonds is 2. The lowest BCUT2D eigenvalue weighted by Crippen LogP contribution is -2.38. The van der Waals surface area contributed by atoms with Crippen LogP contribution >= 0.6 is 0 Å². The first-order valence-electron chi connectivity index (χ1n) is 6.26. The maximum atomic E-state index is 13.0. The average molecular weight is 325 g/mol. The molecule has 4 nitrogen and oxygen atoms in total. The Bertz CT molecular complexity index is 803. The molecule has 1 unspecified atom stereocenters. The van der Waals surface area contributed by atoms with Gasteiger partial charge in [-0.15, -0.1) is 0 Å². The maximum Gasteiger partial charge on any atom is 0.264 e. The molecule has 0 amide bonds. The molecule has 110 valence electrons. The number of nitrogens with zero attached hydrogens (tertiary/aromatic N) is 1. The van der Waals surface area contributed by atoms with E-state index in [1.807, 2.05) is 0 Å². The molecule has 0 radical (unpaired) electrons. The molecule has 2 aromatic rings. The minimum atomic E-state index is -3.78. The Labute approximate surface area is 124 Å². The summed E-state index contributed by atoms with van der Waals surface area (Å²) < 4.78 is 51.5. The van der Waals surface area contributed by atoms with Gasteiger partial charge in [0.25, 0.3) is 10.0 Å². The van der Waals surface area contributed by atoms with E-state index >= 15 is 0 Å². The quantitative estimate of drug-likeness (QED) is 0.850. The fraction of sp³-hybridized carbons (Fsp3) is 0.143. The molecule has 1 aliphatic rings. The van der Waals surface area contributed by atoms with Crippen LogP contribution in [0.3, 0.4) is 0 Å². The summed E-state index contributed by atoms with van der Waals surface area (Å²) in [6.07, 6.45) is 0. The van der Waals surface area contributed by atoms with Crippen molar-refractivity contribution in [3.63, 3.8) is 0 Å². The Morgan fingerprint density at radius 3 is 2.43 bits per heavy atom. The van der Waals surface area contributed by atoms with Crippen LogP contribution in [-0.4, -0.2) is 24.9 Å². The Morgan fingerprint density at radius 1 is 1.05 bits per heavy atom. The minimum Gasteiger partial charge on any atom is -0.264 e. The van der Waals surface area contributed by atoms with Crippen LogP contribution in [0, 0.1) is 5.82 Å². The van der Waals surface area contributed by atoms with E-state index in [0.717, 1.165) is 12.1 Å². The highest BCUT2D eigenvalue weighted by Gasteiger charge is 2.31. The molecule has 1 aliphatic heterocycles. The van der Waals surface area contributed by atoms with Gasteiger partial charge in [-0.05, 0) is 36.4 Å². The minimum absolute atomic E-state index is 0.0198. The summed E-state index contributed by atoms with van der Waals surface area (Å²) in [7, 11) is -4.98. The van der Waals surface area contributed by atoms with E-state index in [4.69, 9.17) is 0 Å². The summed E-state index contributed by atoms with van der Waals surface area (Å²) in [5.41, 5.74) is 0.423. The van der Waals surface area contributed by atoms with Crippen molar-refractivity contribution in [2.75, 3.05) is 16.6 Å². The van der Waals surface area contributed by atoms with Gasteiger partial charge in [-0.25, -0.2) is 12.8 Å². The molecule has 0 fully saturated rings. The highest BCUT2D eigenvalue weighted by atomic mass is 32.2. The zero-order valence-electron chi connectivity index (χ0n) is 10.9. The lowest BCUT2D eigenvalue weighted by Gasteiger charge is -2.29. The average Bonchev–Trinajstić information content (AvgIpc) is 2.48. The van der Waals surface area contributed by atoms with Crippen LogP contribution in [0.2, 0.25) is 0 Å². The van der Waals surface area contributed by atoms with Gasteiger partial charge in [-0.1, -0.05) is 12.1 Å². The van der Waals surface area contributed by atoms with E-state index in [-0.39, 0.29) is 17.2 Å². The summed E-state index contributed by atoms with van der Waals surface area (Å²) in [4.78, 5) is 0.529. The van der Waals surface area contributed by atoms with Crippen molar-refractivity contribution in [2.24, 2.45) is 0 Å². The van der Waals surface area contributed by atoms with Gasteiger partial charge in [0.05, 0.1) is 26.3 Å². The Kier molecular flexibility index (Phi) is 3.54. The van der Waals surface area contributed by atoms with Gasteiger partial charge in [0.2, 0.25) is 0 Å². The number of sulfonamides is 1. The molecule has 7 heteroatoms. The number of fused-ring (bicyclic) bond motifs is 1. The smallest absolute Gasteiger partial charge is 0.264 e. The van der Waals surface area contributed by atoms with Gasteiger partial charge in [0.15, 0.2) is 0 Å². The van der Waals surface area contributed by atoms with Crippen LogP contribution in [0.5, 0.6) is 0 Å². The second-order valence-corrected chi connectivity index (χ2v) is 7.95. The second-order valence-electron chi connectivity index (χ2n) is 4.55. The highest BCUT2D eigenvalue weighted by molar-refractivity contribution is 7.93. The first kappa shape index (κ1) is 14.2. The molecular formula is C14H12FNO3S2. The summed E-state index contributed by atoms with van der Waals surface area (Å²) in [5.74, 6) is -0.244. The van der Waals surface area contributed by atoms with Crippen molar-refractivity contribution in [1.82, 2.24) is 0 Å². The molecule has 1 heterocycles. The van der Waals surface area contributed by atoms with E-state index in [9.17, 15) is 17.0 Å². The first-order valence-corrected chi connectivity index (χ1v) is 9.02. The number of para-hydroxylation sites is 1. The normalized spacial score (nSPS) is 18.3. The molecule has 0 spiro atoms. The zero-order chi connectivity index (χ0) is 15.0. The van der Waals surface area contributed by atoms with Crippen LogP contribution in [0.4, 0.5) is 10.1 Å². The van der Waals surface area contributed by atoms with Crippen molar-refractivity contribution in [2.45, 2.75) is 9.79 Å². The molecule has 2 aromatic carbocycles. The predicted octanol–water partition coefficient (Wildman–Crippen LogP) is 2.14.